The van der Waals surface area contributed by atoms with Gasteiger partial charge in [-0.1, -0.05) is 127 Å². The second-order valence-corrected chi connectivity index (χ2v) is 13.9. The largest absolute Gasteiger partial charge is 0.456 e. The van der Waals surface area contributed by atoms with Crippen LogP contribution in [0.3, 0.4) is 0 Å². The topological polar surface area (TPSA) is 42.4 Å². The van der Waals surface area contributed by atoms with Gasteiger partial charge < -0.3 is 13.7 Å². The van der Waals surface area contributed by atoms with E-state index in [1.54, 1.807) is 0 Å². The zero-order valence-corrected chi connectivity index (χ0v) is 29.7. The van der Waals surface area contributed by atoms with Crippen LogP contribution in [0.25, 0.3) is 88.3 Å². The van der Waals surface area contributed by atoms with Crippen molar-refractivity contribution in [2.75, 3.05) is 4.90 Å². The van der Waals surface area contributed by atoms with E-state index >= 15 is 0 Å². The third kappa shape index (κ3) is 5.19. The maximum Gasteiger partial charge on any atom is 0.227 e. The molecule has 9 aromatic carbocycles. The summed E-state index contributed by atoms with van der Waals surface area (Å²) in [6, 6.07) is 68.0. The normalized spacial score (nSPS) is 11.6. The molecule has 11 rings (SSSR count). The maximum absolute atomic E-state index is 6.55. The molecular formula is C51H32N2O2. The molecule has 0 aliphatic rings. The predicted octanol–water partition coefficient (Wildman–Crippen LogP) is 14.5. The van der Waals surface area contributed by atoms with Gasteiger partial charge in [-0.15, -0.1) is 0 Å². The fourth-order valence-electron chi connectivity index (χ4n) is 8.13. The van der Waals surface area contributed by atoms with Crippen LogP contribution in [0.1, 0.15) is 0 Å². The van der Waals surface area contributed by atoms with E-state index < -0.39 is 0 Å². The summed E-state index contributed by atoms with van der Waals surface area (Å²) in [5.41, 5.74) is 12.1. The van der Waals surface area contributed by atoms with Crippen LogP contribution in [0.4, 0.5) is 17.1 Å². The molecule has 0 radical (unpaired) electrons. The lowest BCUT2D eigenvalue weighted by molar-refractivity contribution is 0.623. The minimum atomic E-state index is 0.623. The van der Waals surface area contributed by atoms with Crippen molar-refractivity contribution < 1.29 is 8.83 Å². The van der Waals surface area contributed by atoms with Crippen LogP contribution in [0.2, 0.25) is 0 Å². The van der Waals surface area contributed by atoms with Gasteiger partial charge in [0, 0.05) is 38.8 Å². The first-order chi connectivity index (χ1) is 27.3. The highest BCUT2D eigenvalue weighted by molar-refractivity contribution is 6.19. The van der Waals surface area contributed by atoms with Gasteiger partial charge in [-0.2, -0.15) is 0 Å². The standard InChI is InChI=1S/C51H32N2O2/c1-4-12-33(13-5-1)41-18-10-20-45-48(41)49-42(19-11-21-46(49)54-45)34-24-28-39(29-25-34)53(38-16-8-3-9-17-38)40-30-26-35-22-23-36-27-31-44-50(47(36)43(35)32-40)55-51(52-44)37-14-6-2-7-15-37/h1-32H. The van der Waals surface area contributed by atoms with Crippen LogP contribution in [-0.4, -0.2) is 4.98 Å². The Morgan fingerprint density at radius 2 is 0.927 bits per heavy atom. The van der Waals surface area contributed by atoms with Gasteiger partial charge in [-0.05, 0) is 105 Å². The Hall–Kier alpha value is -7.43. The summed E-state index contributed by atoms with van der Waals surface area (Å²) in [5, 5.41) is 6.68. The smallest absolute Gasteiger partial charge is 0.227 e. The lowest BCUT2D eigenvalue weighted by Gasteiger charge is -2.26. The van der Waals surface area contributed by atoms with Crippen molar-refractivity contribution in [3.63, 3.8) is 0 Å². The fraction of sp³-hybridized carbons (Fsp3) is 0. The monoisotopic (exact) mass is 704 g/mol. The molecular weight excluding hydrogens is 673 g/mol. The molecule has 55 heavy (non-hydrogen) atoms. The van der Waals surface area contributed by atoms with Crippen LogP contribution >= 0.6 is 0 Å². The Morgan fingerprint density at radius 3 is 1.62 bits per heavy atom. The van der Waals surface area contributed by atoms with E-state index in [4.69, 9.17) is 13.8 Å². The number of anilines is 3. The Morgan fingerprint density at radius 1 is 0.382 bits per heavy atom. The Bertz CT molecular complexity index is 3180. The Balaban J connectivity index is 1.06. The number of benzene rings is 9. The third-order valence-corrected chi connectivity index (χ3v) is 10.7. The van der Waals surface area contributed by atoms with Crippen LogP contribution in [0.15, 0.2) is 203 Å². The van der Waals surface area contributed by atoms with Gasteiger partial charge in [-0.25, -0.2) is 4.98 Å². The van der Waals surface area contributed by atoms with Crippen molar-refractivity contribution >= 4 is 71.6 Å². The maximum atomic E-state index is 6.55. The van der Waals surface area contributed by atoms with Gasteiger partial charge in [0.1, 0.15) is 16.7 Å². The van der Waals surface area contributed by atoms with Crippen molar-refractivity contribution in [2.24, 2.45) is 0 Å². The lowest BCUT2D eigenvalue weighted by Crippen LogP contribution is -2.09. The van der Waals surface area contributed by atoms with Crippen molar-refractivity contribution in [1.82, 2.24) is 4.98 Å². The third-order valence-electron chi connectivity index (χ3n) is 10.7. The van der Waals surface area contributed by atoms with E-state index in [0.717, 1.165) is 88.3 Å². The van der Waals surface area contributed by atoms with Crippen LogP contribution in [0.5, 0.6) is 0 Å². The van der Waals surface area contributed by atoms with Crippen molar-refractivity contribution in [3.8, 4) is 33.7 Å². The van der Waals surface area contributed by atoms with E-state index in [2.05, 4.69) is 169 Å². The summed E-state index contributed by atoms with van der Waals surface area (Å²) in [6.45, 7) is 0. The molecule has 4 heteroatoms. The molecule has 0 fully saturated rings. The predicted molar refractivity (Wildman–Crippen MR) is 227 cm³/mol. The highest BCUT2D eigenvalue weighted by Gasteiger charge is 2.19. The molecule has 2 aromatic heterocycles. The highest BCUT2D eigenvalue weighted by atomic mass is 16.3. The first-order valence-corrected chi connectivity index (χ1v) is 18.5. The summed E-state index contributed by atoms with van der Waals surface area (Å²) < 4.78 is 13.0. The van der Waals surface area contributed by atoms with Gasteiger partial charge in [0.15, 0.2) is 5.58 Å². The van der Waals surface area contributed by atoms with Crippen LogP contribution in [-0.2, 0) is 0 Å². The average Bonchev–Trinajstić information content (AvgIpc) is 3.87. The number of furan rings is 1. The van der Waals surface area contributed by atoms with Crippen LogP contribution in [0, 0.1) is 0 Å². The summed E-state index contributed by atoms with van der Waals surface area (Å²) in [7, 11) is 0. The number of hydrogen-bond acceptors (Lipinski definition) is 4. The van der Waals surface area contributed by atoms with E-state index in [1.807, 2.05) is 30.3 Å². The Kier molecular flexibility index (Phi) is 7.14. The average molecular weight is 705 g/mol. The number of nitrogens with zero attached hydrogens (tertiary/aromatic N) is 2. The number of hydrogen-bond donors (Lipinski definition) is 0. The SMILES string of the molecule is c1ccc(-c2nc3ccc4ccc5ccc(N(c6ccccc6)c6ccc(-c7cccc8oc9cccc(-c%10ccccc%10)c9c78)cc6)cc5c4c3o2)cc1. The summed E-state index contributed by atoms with van der Waals surface area (Å²) in [4.78, 5) is 7.21. The van der Waals surface area contributed by atoms with Gasteiger partial charge in [0.05, 0.1) is 0 Å². The molecule has 4 nitrogen and oxygen atoms in total. The lowest BCUT2D eigenvalue weighted by atomic mass is 9.94. The fourth-order valence-corrected chi connectivity index (χ4v) is 8.13. The molecule has 0 saturated carbocycles. The number of oxazole rings is 1. The van der Waals surface area contributed by atoms with Gasteiger partial charge in [0.2, 0.25) is 5.89 Å². The van der Waals surface area contributed by atoms with Crippen molar-refractivity contribution in [2.45, 2.75) is 0 Å². The molecule has 0 amide bonds. The molecule has 2 heterocycles. The number of aromatic nitrogens is 1. The van der Waals surface area contributed by atoms with E-state index in [1.165, 1.54) is 11.1 Å². The first-order valence-electron chi connectivity index (χ1n) is 18.5. The molecule has 0 aliphatic carbocycles. The zero-order valence-electron chi connectivity index (χ0n) is 29.7. The quantitative estimate of drug-likeness (QED) is 0.162. The highest BCUT2D eigenvalue weighted by Crippen LogP contribution is 2.44. The van der Waals surface area contributed by atoms with Gasteiger partial charge in [-0.3, -0.25) is 0 Å². The number of fused-ring (bicyclic) bond motifs is 8. The summed E-state index contributed by atoms with van der Waals surface area (Å²) >= 11 is 0. The minimum Gasteiger partial charge on any atom is -0.456 e. The molecule has 0 atom stereocenters. The molecule has 0 bridgehead atoms. The molecule has 0 aliphatic heterocycles. The second kappa shape index (κ2) is 12.6. The molecule has 0 saturated heterocycles. The zero-order chi connectivity index (χ0) is 36.3. The van der Waals surface area contributed by atoms with Crippen LogP contribution < -0.4 is 4.90 Å². The Labute approximate surface area is 317 Å². The molecule has 0 N–H and O–H groups in total. The van der Waals surface area contributed by atoms with E-state index in [-0.39, 0.29) is 0 Å². The summed E-state index contributed by atoms with van der Waals surface area (Å²) in [6.07, 6.45) is 0. The van der Waals surface area contributed by atoms with E-state index in [9.17, 15) is 0 Å². The summed E-state index contributed by atoms with van der Waals surface area (Å²) in [5.74, 6) is 0.623. The van der Waals surface area contributed by atoms with Crippen molar-refractivity contribution in [3.05, 3.63) is 194 Å². The minimum absolute atomic E-state index is 0.623. The van der Waals surface area contributed by atoms with Gasteiger partial charge in [0.25, 0.3) is 0 Å². The second-order valence-electron chi connectivity index (χ2n) is 13.9. The first kappa shape index (κ1) is 31.1. The van der Waals surface area contributed by atoms with Crippen molar-refractivity contribution in [1.29, 1.82) is 0 Å². The molecule has 258 valence electrons. The van der Waals surface area contributed by atoms with Gasteiger partial charge >= 0.3 is 0 Å². The molecule has 11 aromatic rings. The molecule has 0 unspecified atom stereocenters. The number of rotatable bonds is 6. The number of para-hydroxylation sites is 1. The van der Waals surface area contributed by atoms with E-state index in [0.29, 0.717) is 5.89 Å². The molecule has 0 spiro atoms.